The number of amides is 2. The van der Waals surface area contributed by atoms with Gasteiger partial charge in [0.25, 0.3) is 5.91 Å². The van der Waals surface area contributed by atoms with Crippen LogP contribution in [-0.4, -0.2) is 43.1 Å². The summed E-state index contributed by atoms with van der Waals surface area (Å²) in [5, 5.41) is 5.85. The molecule has 1 rings (SSSR count). The third kappa shape index (κ3) is 18.6. The molecule has 0 saturated heterocycles. The molecular weight excluding hydrogens is 576 g/mol. The van der Waals surface area contributed by atoms with E-state index in [1.165, 1.54) is 7.11 Å². The van der Waals surface area contributed by atoms with E-state index in [1.54, 1.807) is 38.1 Å². The smallest absolute Gasteiger partial charge is 0.330 e. The van der Waals surface area contributed by atoms with Gasteiger partial charge in [0.05, 0.1) is 7.11 Å². The Morgan fingerprint density at radius 3 is 1.75 bits per heavy atom. The highest BCUT2D eigenvalue weighted by molar-refractivity contribution is 6.30. The molecule has 0 aromatic heterocycles. The molecule has 1 aromatic rings. The summed E-state index contributed by atoms with van der Waals surface area (Å²) in [5.74, 6) is -0.982. The van der Waals surface area contributed by atoms with Crippen LogP contribution in [0.1, 0.15) is 72.1 Å². The Labute approximate surface area is 268 Å². The largest absolute Gasteiger partial charge is 0.478 e. The minimum absolute atomic E-state index is 0.0992. The lowest BCUT2D eigenvalue weighted by molar-refractivity contribution is -0.147. The van der Waals surface area contributed by atoms with Gasteiger partial charge in [-0.15, -0.1) is 0 Å². The maximum absolute atomic E-state index is 12.9. The van der Waals surface area contributed by atoms with E-state index < -0.39 is 23.5 Å². The Morgan fingerprint density at radius 1 is 0.795 bits per heavy atom. The van der Waals surface area contributed by atoms with Gasteiger partial charge in [-0.25, -0.2) is 4.79 Å². The highest BCUT2D eigenvalue weighted by Gasteiger charge is 2.34. The molecule has 0 saturated carbocycles. The van der Waals surface area contributed by atoms with Gasteiger partial charge in [-0.2, -0.15) is 0 Å². The van der Waals surface area contributed by atoms with Gasteiger partial charge in [-0.1, -0.05) is 91.4 Å². The molecule has 0 bridgehead atoms. The second-order valence-corrected chi connectivity index (χ2v) is 10.8. The van der Waals surface area contributed by atoms with Crippen LogP contribution in [-0.2, 0) is 19.1 Å². The van der Waals surface area contributed by atoms with Gasteiger partial charge in [-0.3, -0.25) is 9.59 Å². The van der Waals surface area contributed by atoms with E-state index in [0.29, 0.717) is 17.2 Å². The lowest BCUT2D eigenvalue weighted by Gasteiger charge is -2.27. The van der Waals surface area contributed by atoms with Gasteiger partial charge in [0.1, 0.15) is 11.8 Å². The van der Waals surface area contributed by atoms with Gasteiger partial charge in [0.15, 0.2) is 5.60 Å². The van der Waals surface area contributed by atoms with E-state index >= 15 is 0 Å². The van der Waals surface area contributed by atoms with Crippen LogP contribution < -0.4 is 15.4 Å². The molecule has 0 spiro atoms. The molecule has 0 aliphatic carbocycles. The zero-order valence-corrected chi connectivity index (χ0v) is 27.4. The fraction of sp³-hybridized carbons (Fsp3) is 0.417. The van der Waals surface area contributed by atoms with E-state index in [1.807, 2.05) is 12.2 Å². The molecule has 2 N–H and O–H groups in total. The molecule has 8 heteroatoms. The van der Waals surface area contributed by atoms with Crippen LogP contribution in [0.5, 0.6) is 5.75 Å². The van der Waals surface area contributed by atoms with Crippen molar-refractivity contribution < 1.29 is 23.9 Å². The van der Waals surface area contributed by atoms with Crippen molar-refractivity contribution in [1.29, 1.82) is 0 Å². The minimum Gasteiger partial charge on any atom is -0.478 e. The molecule has 0 fully saturated rings. The van der Waals surface area contributed by atoms with Crippen LogP contribution in [0.4, 0.5) is 0 Å². The summed E-state index contributed by atoms with van der Waals surface area (Å²) in [5.41, 5.74) is -1.29. The first kappa shape index (κ1) is 38.2. The Morgan fingerprint density at radius 2 is 1.27 bits per heavy atom. The lowest BCUT2D eigenvalue weighted by Crippen LogP contribution is -2.55. The summed E-state index contributed by atoms with van der Waals surface area (Å²) in [6, 6.07) is 5.53. The zero-order chi connectivity index (χ0) is 32.5. The Bertz CT molecular complexity index is 1160. The summed E-state index contributed by atoms with van der Waals surface area (Å²) in [4.78, 5) is 37.4. The molecule has 1 atom stereocenters. The first-order chi connectivity index (χ1) is 21.2. The number of ether oxygens (including phenoxy) is 2. The summed E-state index contributed by atoms with van der Waals surface area (Å²) < 4.78 is 10.6. The number of allylic oxidation sites excluding steroid dienone is 12. The average Bonchev–Trinajstić information content (AvgIpc) is 3.00. The quantitative estimate of drug-likeness (QED) is 0.108. The van der Waals surface area contributed by atoms with Crippen LogP contribution >= 0.6 is 11.6 Å². The van der Waals surface area contributed by atoms with Crippen LogP contribution in [0.3, 0.4) is 0 Å². The summed E-state index contributed by atoms with van der Waals surface area (Å²) in [6.45, 7) is 5.20. The van der Waals surface area contributed by atoms with E-state index in [-0.39, 0.29) is 18.9 Å². The standard InChI is InChI=1S/C36H49ClN2O5/c1-5-6-7-8-9-10-11-12-13-14-15-16-17-18-19-20-21-22-23-24-33(40)38-29-32(34(41)43-4)39-35(42)36(2,3)44-31-27-25-30(37)26-28-31/h6-7,9-10,12-13,15-16,18-19,21-22,25-28,32H,5,8,11,14,17,20,23-24,29H2,1-4H3,(H,38,40)(H,39,42). The normalized spacial score (nSPS) is 13.1. The molecule has 2 amide bonds. The number of methoxy groups -OCH3 is 1. The fourth-order valence-corrected chi connectivity index (χ4v) is 3.80. The maximum atomic E-state index is 12.9. The van der Waals surface area contributed by atoms with Gasteiger partial charge >= 0.3 is 5.97 Å². The SMILES string of the molecule is CCC=CCC=CCC=CCC=CCC=CCC=CCCC(=O)NCC(NC(=O)C(C)(C)Oc1ccc(Cl)cc1)C(=O)OC. The number of esters is 1. The fourth-order valence-electron chi connectivity index (χ4n) is 3.67. The number of hydrogen-bond acceptors (Lipinski definition) is 5. The molecule has 0 radical (unpaired) electrons. The van der Waals surface area contributed by atoms with Gasteiger partial charge < -0.3 is 20.1 Å². The second-order valence-electron chi connectivity index (χ2n) is 10.4. The molecule has 0 aliphatic rings. The maximum Gasteiger partial charge on any atom is 0.330 e. The summed E-state index contributed by atoms with van der Waals surface area (Å²) in [6.07, 6.45) is 32.1. The predicted molar refractivity (Wildman–Crippen MR) is 181 cm³/mol. The van der Waals surface area contributed by atoms with Gasteiger partial charge in [-0.05, 0) is 83.1 Å². The molecule has 240 valence electrons. The van der Waals surface area contributed by atoms with E-state index in [2.05, 4.69) is 78.3 Å². The van der Waals surface area contributed by atoms with Gasteiger partial charge in [0, 0.05) is 18.0 Å². The number of carbonyl (C=O) groups is 3. The first-order valence-corrected chi connectivity index (χ1v) is 15.6. The van der Waals surface area contributed by atoms with Crippen molar-refractivity contribution in [1.82, 2.24) is 10.6 Å². The highest BCUT2D eigenvalue weighted by Crippen LogP contribution is 2.21. The van der Waals surface area contributed by atoms with Crippen LogP contribution in [0.15, 0.2) is 97.2 Å². The molecule has 7 nitrogen and oxygen atoms in total. The first-order valence-electron chi connectivity index (χ1n) is 15.2. The molecule has 1 aromatic carbocycles. The average molecular weight is 625 g/mol. The number of nitrogens with one attached hydrogen (secondary N) is 2. The van der Waals surface area contributed by atoms with E-state index in [4.69, 9.17) is 21.1 Å². The lowest BCUT2D eigenvalue weighted by atomic mass is 10.1. The van der Waals surface area contributed by atoms with Gasteiger partial charge in [0.2, 0.25) is 5.91 Å². The third-order valence-corrected chi connectivity index (χ3v) is 6.41. The van der Waals surface area contributed by atoms with Crippen LogP contribution in [0, 0.1) is 0 Å². The van der Waals surface area contributed by atoms with Crippen molar-refractivity contribution in [2.45, 2.75) is 83.8 Å². The van der Waals surface area contributed by atoms with Crippen molar-refractivity contribution in [2.24, 2.45) is 0 Å². The second kappa shape index (κ2) is 23.6. The molecule has 0 heterocycles. The Balaban J connectivity index is 2.29. The number of rotatable bonds is 21. The molecule has 44 heavy (non-hydrogen) atoms. The van der Waals surface area contributed by atoms with Crippen LogP contribution in [0.25, 0.3) is 0 Å². The highest BCUT2D eigenvalue weighted by atomic mass is 35.5. The minimum atomic E-state index is -1.29. The molecule has 1 unspecified atom stereocenters. The Hall–Kier alpha value is -3.84. The van der Waals surface area contributed by atoms with Crippen LogP contribution in [0.2, 0.25) is 5.02 Å². The summed E-state index contributed by atoms with van der Waals surface area (Å²) in [7, 11) is 1.22. The van der Waals surface area contributed by atoms with E-state index in [0.717, 1.165) is 38.5 Å². The number of benzene rings is 1. The van der Waals surface area contributed by atoms with E-state index in [9.17, 15) is 14.4 Å². The predicted octanol–water partition coefficient (Wildman–Crippen LogP) is 7.75. The van der Waals surface area contributed by atoms with Crippen molar-refractivity contribution in [3.8, 4) is 5.75 Å². The van der Waals surface area contributed by atoms with Crippen molar-refractivity contribution in [3.63, 3.8) is 0 Å². The Kier molecular flexibility index (Phi) is 20.5. The van der Waals surface area contributed by atoms with Crippen molar-refractivity contribution in [3.05, 3.63) is 102 Å². The zero-order valence-electron chi connectivity index (χ0n) is 26.6. The number of halogens is 1. The molecular formula is C36H49ClN2O5. The number of carbonyl (C=O) groups excluding carboxylic acids is 3. The third-order valence-electron chi connectivity index (χ3n) is 6.16. The summed E-state index contributed by atoms with van der Waals surface area (Å²) >= 11 is 5.90. The van der Waals surface area contributed by atoms with Crippen molar-refractivity contribution in [2.75, 3.05) is 13.7 Å². The van der Waals surface area contributed by atoms with Crippen molar-refractivity contribution >= 4 is 29.4 Å². The molecule has 0 aliphatic heterocycles. The monoisotopic (exact) mass is 624 g/mol. The number of hydrogen-bond donors (Lipinski definition) is 2. The topological polar surface area (TPSA) is 93.7 Å².